The van der Waals surface area contributed by atoms with E-state index in [-0.39, 0.29) is 11.4 Å². The first kappa shape index (κ1) is 21.3. The summed E-state index contributed by atoms with van der Waals surface area (Å²) in [5.74, 6) is 0. The number of fused-ring (bicyclic) bond motifs is 1. The van der Waals surface area contributed by atoms with Gasteiger partial charge in [-0.3, -0.25) is 0 Å². The van der Waals surface area contributed by atoms with Crippen molar-refractivity contribution >= 4 is 45.4 Å². The second-order valence-corrected chi connectivity index (χ2v) is 8.38. The molecule has 148 valence electrons. The average molecular weight is 410 g/mol. The highest BCUT2D eigenvalue weighted by molar-refractivity contribution is 8.01. The second-order valence-electron chi connectivity index (χ2n) is 5.93. The summed E-state index contributed by atoms with van der Waals surface area (Å²) in [6.45, 7) is 5.65. The molecule has 0 aliphatic rings. The molecular weight excluding hydrogens is 382 g/mol. The van der Waals surface area contributed by atoms with E-state index in [1.54, 1.807) is 23.1 Å². The lowest BCUT2D eigenvalue weighted by Crippen LogP contribution is -2.44. The van der Waals surface area contributed by atoms with Crippen molar-refractivity contribution in [2.45, 2.75) is 42.8 Å². The number of hydrogen-bond acceptors (Lipinski definition) is 5. The summed E-state index contributed by atoms with van der Waals surface area (Å²) in [5, 5.41) is 5.47. The van der Waals surface area contributed by atoms with E-state index in [0.29, 0.717) is 19.6 Å². The van der Waals surface area contributed by atoms with Crippen molar-refractivity contribution in [2.24, 2.45) is 5.73 Å². The minimum atomic E-state index is -0.507. The molecule has 0 saturated heterocycles. The predicted molar refractivity (Wildman–Crippen MR) is 112 cm³/mol. The van der Waals surface area contributed by atoms with Gasteiger partial charge in [0.15, 0.2) is 4.34 Å². The molecule has 0 aliphatic carbocycles. The average Bonchev–Trinajstić information content (AvgIpc) is 3.04. The molecule has 4 N–H and O–H groups in total. The van der Waals surface area contributed by atoms with Crippen LogP contribution in [0.1, 0.15) is 33.1 Å². The van der Waals surface area contributed by atoms with Crippen molar-refractivity contribution in [3.8, 4) is 0 Å². The molecule has 0 fully saturated rings. The third-order valence-corrected chi connectivity index (χ3v) is 6.39. The Kier molecular flexibility index (Phi) is 8.66. The van der Waals surface area contributed by atoms with Gasteiger partial charge in [-0.2, -0.15) is 0 Å². The summed E-state index contributed by atoms with van der Waals surface area (Å²) >= 11 is 3.27. The van der Waals surface area contributed by atoms with Crippen LogP contribution < -0.4 is 16.4 Å². The zero-order chi connectivity index (χ0) is 19.6. The monoisotopic (exact) mass is 409 g/mol. The summed E-state index contributed by atoms with van der Waals surface area (Å²) in [6, 6.07) is 7.48. The number of nitrogens with one attached hydrogen (secondary N) is 2. The Morgan fingerprint density at radius 2 is 2.04 bits per heavy atom. The number of primary amides is 1. The Labute approximate surface area is 168 Å². The minimum Gasteiger partial charge on any atom is -0.352 e. The summed E-state index contributed by atoms with van der Waals surface area (Å²) in [7, 11) is 0. The van der Waals surface area contributed by atoms with E-state index in [1.165, 1.54) is 0 Å². The molecule has 1 heterocycles. The van der Waals surface area contributed by atoms with Gasteiger partial charge >= 0.3 is 12.1 Å². The van der Waals surface area contributed by atoms with Gasteiger partial charge in [0, 0.05) is 19.6 Å². The van der Waals surface area contributed by atoms with Crippen LogP contribution in [0.2, 0.25) is 0 Å². The van der Waals surface area contributed by atoms with Crippen molar-refractivity contribution in [3.05, 3.63) is 24.3 Å². The van der Waals surface area contributed by atoms with E-state index < -0.39 is 6.03 Å². The molecule has 7 nitrogen and oxygen atoms in total. The van der Waals surface area contributed by atoms with E-state index in [0.717, 1.165) is 33.8 Å². The van der Waals surface area contributed by atoms with Crippen LogP contribution in [0.15, 0.2) is 28.6 Å². The minimum absolute atomic E-state index is 0.0179. The van der Waals surface area contributed by atoms with Crippen LogP contribution in [0.4, 0.5) is 9.59 Å². The normalized spacial score (nSPS) is 11.9. The van der Waals surface area contributed by atoms with Crippen LogP contribution in [0.3, 0.4) is 0 Å². The molecule has 0 radical (unpaired) electrons. The van der Waals surface area contributed by atoms with Crippen molar-refractivity contribution < 1.29 is 9.59 Å². The van der Waals surface area contributed by atoms with Gasteiger partial charge in [-0.15, -0.1) is 11.3 Å². The highest BCUT2D eigenvalue weighted by Crippen LogP contribution is 2.35. The number of nitrogens with two attached hydrogens (primary N) is 1. The molecule has 2 aromatic rings. The maximum Gasteiger partial charge on any atom is 0.318 e. The van der Waals surface area contributed by atoms with Gasteiger partial charge in [0.1, 0.15) is 0 Å². The number of amides is 4. The van der Waals surface area contributed by atoms with Crippen LogP contribution in [-0.4, -0.2) is 47.0 Å². The molecular formula is C18H27N5O2S2. The van der Waals surface area contributed by atoms with Crippen LogP contribution >= 0.6 is 23.1 Å². The summed E-state index contributed by atoms with van der Waals surface area (Å²) in [6.07, 6.45) is 2.50. The third-order valence-electron chi connectivity index (χ3n) is 3.97. The van der Waals surface area contributed by atoms with Crippen molar-refractivity contribution in [1.82, 2.24) is 20.5 Å². The second kappa shape index (κ2) is 11.0. The standard InChI is InChI=1S/C18H27N5O2S2/c1-3-20-17(25)23(4-2)15(11-7-8-12-21-16(19)24)27-18-22-13-9-5-6-10-14(13)26-18/h5-6,9-10,15H,3-4,7-8,11-12H2,1-2H3,(H,20,25)(H3,19,21,24). The van der Waals surface area contributed by atoms with E-state index in [2.05, 4.69) is 16.7 Å². The Hall–Kier alpha value is -2.00. The number of aromatic nitrogens is 1. The van der Waals surface area contributed by atoms with E-state index >= 15 is 0 Å². The predicted octanol–water partition coefficient (Wildman–Crippen LogP) is 3.60. The lowest BCUT2D eigenvalue weighted by atomic mass is 10.2. The SMILES string of the molecule is CCNC(=O)N(CC)C(CCCCNC(N)=O)Sc1nc2ccccc2s1. The molecule has 9 heteroatoms. The largest absolute Gasteiger partial charge is 0.352 e. The highest BCUT2D eigenvalue weighted by Gasteiger charge is 2.24. The number of nitrogens with zero attached hydrogens (tertiary/aromatic N) is 2. The molecule has 1 unspecified atom stereocenters. The molecule has 27 heavy (non-hydrogen) atoms. The number of unbranched alkanes of at least 4 members (excludes halogenated alkanes) is 1. The quantitative estimate of drug-likeness (QED) is 0.317. The number of carbonyl (C=O) groups is 2. The summed E-state index contributed by atoms with van der Waals surface area (Å²) in [4.78, 5) is 29.8. The number of benzene rings is 1. The molecule has 2 rings (SSSR count). The molecule has 1 aromatic heterocycles. The number of para-hydroxylation sites is 1. The Bertz CT molecular complexity index is 719. The number of thioether (sulfide) groups is 1. The number of thiazole rings is 1. The Morgan fingerprint density at radius 3 is 2.70 bits per heavy atom. The first-order valence-corrected chi connectivity index (χ1v) is 10.8. The maximum absolute atomic E-state index is 12.5. The molecule has 0 saturated carbocycles. The fourth-order valence-electron chi connectivity index (χ4n) is 2.68. The molecule has 4 amide bonds. The van der Waals surface area contributed by atoms with Crippen LogP contribution in [-0.2, 0) is 0 Å². The van der Waals surface area contributed by atoms with E-state index in [4.69, 9.17) is 10.7 Å². The zero-order valence-electron chi connectivity index (χ0n) is 15.7. The summed E-state index contributed by atoms with van der Waals surface area (Å²) in [5.41, 5.74) is 6.08. The first-order chi connectivity index (χ1) is 13.0. The van der Waals surface area contributed by atoms with Crippen molar-refractivity contribution in [3.63, 3.8) is 0 Å². The van der Waals surface area contributed by atoms with Gasteiger partial charge in [0.25, 0.3) is 0 Å². The van der Waals surface area contributed by atoms with Gasteiger partial charge in [-0.1, -0.05) is 23.9 Å². The summed E-state index contributed by atoms with van der Waals surface area (Å²) < 4.78 is 2.10. The number of urea groups is 2. The lowest BCUT2D eigenvalue weighted by Gasteiger charge is -2.30. The van der Waals surface area contributed by atoms with Gasteiger partial charge in [-0.05, 0) is 45.2 Å². The Balaban J connectivity index is 2.07. The lowest BCUT2D eigenvalue weighted by molar-refractivity contribution is 0.194. The molecule has 0 spiro atoms. The van der Waals surface area contributed by atoms with Gasteiger partial charge in [0.05, 0.1) is 15.6 Å². The smallest absolute Gasteiger partial charge is 0.318 e. The van der Waals surface area contributed by atoms with Crippen LogP contribution in [0.5, 0.6) is 0 Å². The molecule has 0 aliphatic heterocycles. The molecule has 1 atom stereocenters. The number of carbonyl (C=O) groups excluding carboxylic acids is 2. The third kappa shape index (κ3) is 6.59. The van der Waals surface area contributed by atoms with Crippen molar-refractivity contribution in [1.29, 1.82) is 0 Å². The fraction of sp³-hybridized carbons (Fsp3) is 0.500. The van der Waals surface area contributed by atoms with Gasteiger partial charge in [-0.25, -0.2) is 14.6 Å². The number of hydrogen-bond donors (Lipinski definition) is 3. The Morgan fingerprint density at radius 1 is 1.26 bits per heavy atom. The molecule has 0 bridgehead atoms. The van der Waals surface area contributed by atoms with E-state index in [1.807, 2.05) is 36.9 Å². The maximum atomic E-state index is 12.5. The van der Waals surface area contributed by atoms with Gasteiger partial charge < -0.3 is 21.3 Å². The fourth-order valence-corrected chi connectivity index (χ4v) is 5.21. The van der Waals surface area contributed by atoms with Crippen molar-refractivity contribution in [2.75, 3.05) is 19.6 Å². The van der Waals surface area contributed by atoms with Crippen LogP contribution in [0, 0.1) is 0 Å². The van der Waals surface area contributed by atoms with Gasteiger partial charge in [0.2, 0.25) is 0 Å². The first-order valence-electron chi connectivity index (χ1n) is 9.15. The zero-order valence-corrected chi connectivity index (χ0v) is 17.4. The number of rotatable bonds is 10. The molecule has 1 aromatic carbocycles. The van der Waals surface area contributed by atoms with E-state index in [9.17, 15) is 9.59 Å². The van der Waals surface area contributed by atoms with Crippen LogP contribution in [0.25, 0.3) is 10.2 Å². The topological polar surface area (TPSA) is 100 Å². The highest BCUT2D eigenvalue weighted by atomic mass is 32.2.